The number of carboxylic acids is 2. The van der Waals surface area contributed by atoms with E-state index >= 15 is 0 Å². The molecule has 0 rings (SSSR count). The van der Waals surface area contributed by atoms with Gasteiger partial charge < -0.3 is 31.3 Å². The van der Waals surface area contributed by atoms with E-state index in [0.29, 0.717) is 0 Å². The zero-order valence-electron chi connectivity index (χ0n) is 11.5. The van der Waals surface area contributed by atoms with Gasteiger partial charge in [-0.3, -0.25) is 0 Å². The molecule has 0 saturated carbocycles. The van der Waals surface area contributed by atoms with Gasteiger partial charge in [0.15, 0.2) is 0 Å². The van der Waals surface area contributed by atoms with Crippen LogP contribution < -0.4 is 21.7 Å². The van der Waals surface area contributed by atoms with E-state index in [1.165, 1.54) is 0 Å². The van der Waals surface area contributed by atoms with Crippen LogP contribution in [0.15, 0.2) is 0 Å². The molecule has 19 heavy (non-hydrogen) atoms. The molecular weight excluding hydrogens is 342 g/mol. The molecule has 0 aliphatic heterocycles. The van der Waals surface area contributed by atoms with Gasteiger partial charge >= 0.3 is 19.5 Å². The van der Waals surface area contributed by atoms with Crippen molar-refractivity contribution in [3.63, 3.8) is 0 Å². The van der Waals surface area contributed by atoms with E-state index in [4.69, 9.17) is 11.5 Å². The molecule has 0 aromatic heterocycles. The molecule has 9 heteroatoms. The fourth-order valence-corrected chi connectivity index (χ4v) is 0.788. The minimum atomic E-state index is -1.27. The Hall–Kier alpha value is 0.183. The second-order valence-electron chi connectivity index (χ2n) is 4.90. The average Bonchev–Trinajstić information content (AvgIpc) is 2.13. The zero-order valence-corrected chi connectivity index (χ0v) is 16.3. The van der Waals surface area contributed by atoms with Crippen LogP contribution in [-0.2, 0) is 29.1 Å². The third-order valence-corrected chi connectivity index (χ3v) is 2.59. The van der Waals surface area contributed by atoms with E-state index in [1.54, 1.807) is 27.7 Å². The quantitative estimate of drug-likeness (QED) is 0.324. The number of aliphatic carboxylic acids is 2. The van der Waals surface area contributed by atoms with E-state index in [2.05, 4.69) is 25.3 Å². The first-order chi connectivity index (χ1) is 7.71. The molecule has 6 nitrogen and oxygen atoms in total. The number of carbonyl (C=O) groups excluding carboxylic acids is 2. The molecule has 4 N–H and O–H groups in total. The van der Waals surface area contributed by atoms with Gasteiger partial charge in [-0.05, 0) is 27.7 Å². The van der Waals surface area contributed by atoms with Crippen LogP contribution >= 0.6 is 25.3 Å². The van der Waals surface area contributed by atoms with Crippen LogP contribution in [0.25, 0.3) is 0 Å². The first-order valence-corrected chi connectivity index (χ1v) is 5.98. The summed E-state index contributed by atoms with van der Waals surface area (Å²) in [4.78, 5) is 20.1. The summed E-state index contributed by atoms with van der Waals surface area (Å²) in [5.74, 6) is -2.54. The normalized spacial score (nSPS) is 14.3. The van der Waals surface area contributed by atoms with Crippen LogP contribution in [0.2, 0.25) is 0 Å². The summed E-state index contributed by atoms with van der Waals surface area (Å²) in [6, 6.07) is -2.03. The molecule has 0 radical (unpaired) electrons. The van der Waals surface area contributed by atoms with Crippen molar-refractivity contribution in [2.45, 2.75) is 49.3 Å². The Labute approximate surface area is 137 Å². The topological polar surface area (TPSA) is 132 Å². The number of hydrogen-bond acceptors (Lipinski definition) is 8. The molecule has 0 saturated heterocycles. The minimum Gasteiger partial charge on any atom is -0.548 e. The third kappa shape index (κ3) is 11.7. The molecule has 0 aromatic rings. The van der Waals surface area contributed by atoms with Gasteiger partial charge in [-0.15, -0.1) is 0 Å². The van der Waals surface area contributed by atoms with Gasteiger partial charge in [0.25, 0.3) is 0 Å². The van der Waals surface area contributed by atoms with E-state index in [1.807, 2.05) is 0 Å². The summed E-state index contributed by atoms with van der Waals surface area (Å²) >= 11 is 7.89. The molecule has 0 fully saturated rings. The predicted octanol–water partition coefficient (Wildman–Crippen LogP) is -2.46. The fourth-order valence-electron chi connectivity index (χ4n) is 0.577. The summed E-state index contributed by atoms with van der Waals surface area (Å²) in [6.07, 6.45) is 0. The maximum Gasteiger partial charge on any atom is 2.00 e. The molecule has 0 aromatic carbocycles. The first kappa shape index (κ1) is 24.2. The van der Waals surface area contributed by atoms with Gasteiger partial charge in [-0.1, -0.05) is 0 Å². The summed E-state index contributed by atoms with van der Waals surface area (Å²) in [5.41, 5.74) is 10.3. The van der Waals surface area contributed by atoms with Gasteiger partial charge in [0.05, 0.1) is 24.0 Å². The summed E-state index contributed by atoms with van der Waals surface area (Å²) in [7, 11) is 0. The maximum absolute atomic E-state index is 10.1. The third-order valence-electron chi connectivity index (χ3n) is 2.03. The summed E-state index contributed by atoms with van der Waals surface area (Å²) in [5, 5.41) is 20.1. The number of hydrogen-bond donors (Lipinski definition) is 4. The van der Waals surface area contributed by atoms with E-state index in [-0.39, 0.29) is 19.5 Å². The van der Waals surface area contributed by atoms with E-state index in [0.717, 1.165) is 0 Å². The van der Waals surface area contributed by atoms with Crippen molar-refractivity contribution in [2.75, 3.05) is 0 Å². The second kappa shape index (κ2) is 9.18. The van der Waals surface area contributed by atoms with Gasteiger partial charge in [0, 0.05) is 9.49 Å². The van der Waals surface area contributed by atoms with Crippen molar-refractivity contribution in [2.24, 2.45) is 11.5 Å². The van der Waals surface area contributed by atoms with Crippen molar-refractivity contribution in [1.29, 1.82) is 0 Å². The van der Waals surface area contributed by atoms with Gasteiger partial charge in [-0.25, -0.2) is 0 Å². The Morgan fingerprint density at radius 2 is 1.05 bits per heavy atom. The maximum atomic E-state index is 10.1. The molecule has 0 aliphatic rings. The zero-order chi connectivity index (χ0) is 15.3. The van der Waals surface area contributed by atoms with Crippen LogP contribution in [0.4, 0.5) is 0 Å². The van der Waals surface area contributed by atoms with Crippen molar-refractivity contribution in [1.82, 2.24) is 0 Å². The second-order valence-corrected chi connectivity index (χ2v) is 7.21. The monoisotopic (exact) mass is 360 g/mol. The first-order valence-electron chi connectivity index (χ1n) is 5.09. The molecular formula is C10H20N2O4S2Zn. The Morgan fingerprint density at radius 1 is 0.895 bits per heavy atom. The van der Waals surface area contributed by atoms with Crippen LogP contribution in [0.3, 0.4) is 0 Å². The molecule has 2 atom stereocenters. The smallest absolute Gasteiger partial charge is 0.548 e. The van der Waals surface area contributed by atoms with Crippen LogP contribution in [0, 0.1) is 0 Å². The Kier molecular flexibility index (Phi) is 11.7. The van der Waals surface area contributed by atoms with E-state index in [9.17, 15) is 19.8 Å². The summed E-state index contributed by atoms with van der Waals surface area (Å²) in [6.45, 7) is 6.49. The Bertz CT molecular complexity index is 273. The summed E-state index contributed by atoms with van der Waals surface area (Å²) < 4.78 is -1.42. The molecule has 0 unspecified atom stereocenters. The van der Waals surface area contributed by atoms with Crippen molar-refractivity contribution < 1.29 is 39.3 Å². The van der Waals surface area contributed by atoms with E-state index < -0.39 is 33.5 Å². The molecule has 0 heterocycles. The average molecular weight is 362 g/mol. The van der Waals surface area contributed by atoms with Crippen LogP contribution in [-0.4, -0.2) is 33.5 Å². The number of thiol groups is 2. The molecule has 0 amide bonds. The minimum absolute atomic E-state index is 0. The number of carbonyl (C=O) groups is 2. The van der Waals surface area contributed by atoms with Gasteiger partial charge in [0.1, 0.15) is 0 Å². The Balaban J connectivity index is -0.000000256. The molecule has 108 valence electrons. The Morgan fingerprint density at radius 3 is 1.05 bits per heavy atom. The van der Waals surface area contributed by atoms with Crippen molar-refractivity contribution in [3.05, 3.63) is 0 Å². The molecule has 0 aliphatic carbocycles. The SMILES string of the molecule is CC(C)(S)[C@H](N)C(=O)[O-].CC(C)(S)[C@H](N)C(=O)[O-].[Zn+2]. The van der Waals surface area contributed by atoms with Crippen molar-refractivity contribution in [3.8, 4) is 0 Å². The van der Waals surface area contributed by atoms with Crippen LogP contribution in [0.5, 0.6) is 0 Å². The molecule has 0 bridgehead atoms. The fraction of sp³-hybridized carbons (Fsp3) is 0.800. The standard InChI is InChI=1S/2C5H11NO2S.Zn/c2*1-5(2,9)3(6)4(7)8;/h2*3,9H,6H2,1-2H3,(H,7,8);/q;;+2/p-2/t2*3-;/m11./s1. The number of nitrogens with two attached hydrogens (primary N) is 2. The number of carboxylic acid groups (broad SMARTS) is 2. The predicted molar refractivity (Wildman–Crippen MR) is 72.1 cm³/mol. The van der Waals surface area contributed by atoms with Crippen molar-refractivity contribution >= 4 is 37.2 Å². The number of rotatable bonds is 4. The molecule has 0 spiro atoms. The largest absolute Gasteiger partial charge is 2.00 e. The van der Waals surface area contributed by atoms with Gasteiger partial charge in [0.2, 0.25) is 0 Å². The van der Waals surface area contributed by atoms with Crippen LogP contribution in [0.1, 0.15) is 27.7 Å². The van der Waals surface area contributed by atoms with Gasteiger partial charge in [-0.2, -0.15) is 25.3 Å².